The lowest BCUT2D eigenvalue weighted by molar-refractivity contribution is -0.157. The van der Waals surface area contributed by atoms with Gasteiger partial charge in [-0.25, -0.2) is 0 Å². The summed E-state index contributed by atoms with van der Waals surface area (Å²) in [4.78, 5) is 25.8. The topological polar surface area (TPSA) is 49.4 Å². The maximum absolute atomic E-state index is 12.1. The Labute approximate surface area is 103 Å². The summed E-state index contributed by atoms with van der Waals surface area (Å²) in [6.45, 7) is 7.84. The summed E-state index contributed by atoms with van der Waals surface area (Å²) < 4.78 is 0. The fourth-order valence-corrected chi connectivity index (χ4v) is 2.88. The summed E-state index contributed by atoms with van der Waals surface area (Å²) >= 11 is 0. The average molecular weight is 238 g/mol. The van der Waals surface area contributed by atoms with Crippen LogP contribution in [-0.2, 0) is 9.59 Å². The summed E-state index contributed by atoms with van der Waals surface area (Å²) in [5.41, 5.74) is -0.171. The van der Waals surface area contributed by atoms with E-state index in [0.29, 0.717) is 18.8 Å². The Morgan fingerprint density at radius 2 is 1.82 bits per heavy atom. The van der Waals surface area contributed by atoms with E-state index in [2.05, 4.69) is 12.2 Å². The number of piperidine rings is 2. The summed E-state index contributed by atoms with van der Waals surface area (Å²) in [6, 6.07) is 0.0554. The van der Waals surface area contributed by atoms with Crippen LogP contribution >= 0.6 is 0 Å². The second-order valence-electron chi connectivity index (χ2n) is 6.21. The van der Waals surface area contributed by atoms with Crippen LogP contribution in [0.15, 0.2) is 0 Å². The van der Waals surface area contributed by atoms with Crippen LogP contribution in [0.2, 0.25) is 0 Å². The van der Waals surface area contributed by atoms with Crippen LogP contribution in [0.5, 0.6) is 0 Å². The molecule has 0 spiro atoms. The lowest BCUT2D eigenvalue weighted by Crippen LogP contribution is -2.58. The molecule has 2 unspecified atom stereocenters. The van der Waals surface area contributed by atoms with Gasteiger partial charge in [0.25, 0.3) is 0 Å². The Morgan fingerprint density at radius 1 is 1.24 bits per heavy atom. The normalized spacial score (nSPS) is 33.9. The minimum atomic E-state index is -0.171. The number of imide groups is 1. The number of hydrogen-bond donors (Lipinski definition) is 1. The molecule has 4 heteroatoms. The van der Waals surface area contributed by atoms with Crippen LogP contribution in [0.25, 0.3) is 0 Å². The number of nitrogens with zero attached hydrogens (tertiary/aromatic N) is 1. The Bertz CT molecular complexity index is 318. The van der Waals surface area contributed by atoms with Crippen molar-refractivity contribution in [3.05, 3.63) is 0 Å². The van der Waals surface area contributed by atoms with Crippen molar-refractivity contribution in [2.24, 2.45) is 11.3 Å². The van der Waals surface area contributed by atoms with E-state index in [1.807, 2.05) is 13.8 Å². The van der Waals surface area contributed by atoms with Gasteiger partial charge in [0.05, 0.1) is 6.04 Å². The predicted octanol–water partition coefficient (Wildman–Crippen LogP) is 1.16. The first kappa shape index (κ1) is 12.6. The van der Waals surface area contributed by atoms with E-state index >= 15 is 0 Å². The van der Waals surface area contributed by atoms with Gasteiger partial charge in [-0.3, -0.25) is 14.5 Å². The Hall–Kier alpha value is -0.900. The molecule has 1 N–H and O–H groups in total. The third kappa shape index (κ3) is 2.51. The highest BCUT2D eigenvalue weighted by Crippen LogP contribution is 2.34. The third-order valence-electron chi connectivity index (χ3n) is 3.92. The number of carbonyl (C=O) groups excluding carboxylic acids is 2. The molecule has 0 aromatic carbocycles. The molecule has 2 aliphatic heterocycles. The molecule has 17 heavy (non-hydrogen) atoms. The molecule has 2 heterocycles. The minimum absolute atomic E-state index is 0.00630. The van der Waals surface area contributed by atoms with Crippen LogP contribution in [0, 0.1) is 11.3 Å². The average Bonchev–Trinajstić information content (AvgIpc) is 2.17. The Balaban J connectivity index is 2.15. The summed E-state index contributed by atoms with van der Waals surface area (Å²) in [7, 11) is 0. The number of nitrogens with one attached hydrogen (secondary N) is 1. The second kappa shape index (κ2) is 4.41. The zero-order chi connectivity index (χ0) is 12.6. The summed E-state index contributed by atoms with van der Waals surface area (Å²) in [6.07, 6.45) is 2.01. The van der Waals surface area contributed by atoms with Crippen molar-refractivity contribution in [2.45, 2.75) is 46.1 Å². The van der Waals surface area contributed by atoms with Crippen molar-refractivity contribution in [1.29, 1.82) is 0 Å². The standard InChI is InChI=1S/C13H22N2O2/c1-9-4-5-14-8-10(9)15-11(16)6-13(2,3)7-12(15)17/h9-10,14H,4-8H2,1-3H3. The molecule has 0 aromatic rings. The highest BCUT2D eigenvalue weighted by Gasteiger charge is 2.42. The van der Waals surface area contributed by atoms with Crippen molar-refractivity contribution in [1.82, 2.24) is 10.2 Å². The lowest BCUT2D eigenvalue weighted by atomic mass is 9.80. The van der Waals surface area contributed by atoms with E-state index in [0.717, 1.165) is 19.5 Å². The molecule has 0 aliphatic carbocycles. The molecule has 2 aliphatic rings. The maximum Gasteiger partial charge on any atom is 0.230 e. The van der Waals surface area contributed by atoms with Crippen molar-refractivity contribution in [3.63, 3.8) is 0 Å². The number of rotatable bonds is 1. The molecule has 2 rings (SSSR count). The first-order chi connectivity index (χ1) is 7.91. The van der Waals surface area contributed by atoms with Crippen LogP contribution in [0.4, 0.5) is 0 Å². The summed E-state index contributed by atoms with van der Waals surface area (Å²) in [5, 5.41) is 3.28. The van der Waals surface area contributed by atoms with Crippen LogP contribution in [0.1, 0.15) is 40.0 Å². The molecule has 0 bridgehead atoms. The van der Waals surface area contributed by atoms with Crippen LogP contribution < -0.4 is 5.32 Å². The molecule has 2 atom stereocenters. The molecule has 4 nitrogen and oxygen atoms in total. The van der Waals surface area contributed by atoms with Crippen molar-refractivity contribution in [2.75, 3.05) is 13.1 Å². The molecular formula is C13H22N2O2. The fourth-order valence-electron chi connectivity index (χ4n) is 2.88. The molecule has 0 radical (unpaired) electrons. The molecular weight excluding hydrogens is 216 g/mol. The lowest BCUT2D eigenvalue weighted by Gasteiger charge is -2.42. The van der Waals surface area contributed by atoms with Gasteiger partial charge < -0.3 is 5.32 Å². The van der Waals surface area contributed by atoms with E-state index in [4.69, 9.17) is 0 Å². The molecule has 0 saturated carbocycles. The Morgan fingerprint density at radius 3 is 2.35 bits per heavy atom. The smallest absolute Gasteiger partial charge is 0.230 e. The number of amides is 2. The van der Waals surface area contributed by atoms with Gasteiger partial charge in [0.15, 0.2) is 0 Å². The molecule has 2 saturated heterocycles. The van der Waals surface area contributed by atoms with Crippen molar-refractivity contribution in [3.8, 4) is 0 Å². The van der Waals surface area contributed by atoms with Gasteiger partial charge >= 0.3 is 0 Å². The SMILES string of the molecule is CC1CCNCC1N1C(=O)CC(C)(C)CC1=O. The van der Waals surface area contributed by atoms with Crippen molar-refractivity contribution >= 4 is 11.8 Å². The fraction of sp³-hybridized carbons (Fsp3) is 0.846. The zero-order valence-corrected chi connectivity index (χ0v) is 11.0. The summed E-state index contributed by atoms with van der Waals surface area (Å²) in [5.74, 6) is 0.420. The number of carbonyl (C=O) groups is 2. The molecule has 96 valence electrons. The highest BCUT2D eigenvalue weighted by atomic mass is 16.2. The maximum atomic E-state index is 12.1. The van der Waals surface area contributed by atoms with Gasteiger partial charge in [-0.2, -0.15) is 0 Å². The molecule has 2 amide bonds. The Kier molecular flexibility index (Phi) is 3.25. The van der Waals surface area contributed by atoms with Gasteiger partial charge in [0.1, 0.15) is 0 Å². The minimum Gasteiger partial charge on any atom is -0.315 e. The largest absolute Gasteiger partial charge is 0.315 e. The zero-order valence-electron chi connectivity index (χ0n) is 11.0. The van der Waals surface area contributed by atoms with Gasteiger partial charge in [-0.15, -0.1) is 0 Å². The monoisotopic (exact) mass is 238 g/mol. The van der Waals surface area contributed by atoms with Crippen LogP contribution in [-0.4, -0.2) is 35.8 Å². The second-order valence-corrected chi connectivity index (χ2v) is 6.21. The quantitative estimate of drug-likeness (QED) is 0.697. The van der Waals surface area contributed by atoms with Gasteiger partial charge in [-0.1, -0.05) is 20.8 Å². The van der Waals surface area contributed by atoms with E-state index < -0.39 is 0 Å². The third-order valence-corrected chi connectivity index (χ3v) is 3.92. The van der Waals surface area contributed by atoms with Gasteiger partial charge in [0, 0.05) is 19.4 Å². The number of likely N-dealkylation sites (tertiary alicyclic amines) is 1. The highest BCUT2D eigenvalue weighted by molar-refractivity contribution is 5.98. The van der Waals surface area contributed by atoms with Crippen LogP contribution in [0.3, 0.4) is 0 Å². The van der Waals surface area contributed by atoms with Crippen molar-refractivity contribution < 1.29 is 9.59 Å². The van der Waals surface area contributed by atoms with E-state index in [9.17, 15) is 9.59 Å². The van der Waals surface area contributed by atoms with Gasteiger partial charge in [0.2, 0.25) is 11.8 Å². The number of hydrogen-bond acceptors (Lipinski definition) is 3. The first-order valence-corrected chi connectivity index (χ1v) is 6.46. The van der Waals surface area contributed by atoms with E-state index in [1.165, 1.54) is 4.90 Å². The van der Waals surface area contributed by atoms with Gasteiger partial charge in [-0.05, 0) is 24.3 Å². The molecule has 0 aromatic heterocycles. The predicted molar refractivity (Wildman–Crippen MR) is 65.3 cm³/mol. The first-order valence-electron chi connectivity index (χ1n) is 6.46. The van der Waals surface area contributed by atoms with E-state index in [1.54, 1.807) is 0 Å². The van der Waals surface area contributed by atoms with E-state index in [-0.39, 0.29) is 23.3 Å². The molecule has 2 fully saturated rings.